The number of aliphatic hydroxyl groups is 1. The molecule has 0 saturated carbocycles. The van der Waals surface area contributed by atoms with E-state index < -0.39 is 12.2 Å². The summed E-state index contributed by atoms with van der Waals surface area (Å²) < 4.78 is 20.1. The van der Waals surface area contributed by atoms with Gasteiger partial charge in [-0.1, -0.05) is 0 Å². The van der Waals surface area contributed by atoms with Gasteiger partial charge in [-0.05, 0) is 63.9 Å². The van der Waals surface area contributed by atoms with E-state index in [9.17, 15) is 9.59 Å². The van der Waals surface area contributed by atoms with Crippen LogP contribution in [0.25, 0.3) is 0 Å². The van der Waals surface area contributed by atoms with Gasteiger partial charge in [0.15, 0.2) is 0 Å². The van der Waals surface area contributed by atoms with Crippen LogP contribution in [0.4, 0.5) is 4.48 Å². The van der Waals surface area contributed by atoms with Crippen LogP contribution in [0.3, 0.4) is 0 Å². The number of aromatic nitrogens is 1. The smallest absolute Gasteiger partial charge is 0.139 e. The van der Waals surface area contributed by atoms with E-state index in [1.807, 2.05) is 0 Å². The Morgan fingerprint density at radius 2 is 2.19 bits per heavy atom. The van der Waals surface area contributed by atoms with Gasteiger partial charge in [0.1, 0.15) is 11.9 Å². The number of hydrogen-bond acceptors (Lipinski definition) is 5. The third kappa shape index (κ3) is 5.51. The van der Waals surface area contributed by atoms with Crippen LogP contribution in [0.1, 0.15) is 49.6 Å². The Bertz CT molecular complexity index is 617. The summed E-state index contributed by atoms with van der Waals surface area (Å²) in [5.74, 6) is 0.659. The maximum Gasteiger partial charge on any atom is 0.139 e. The topological polar surface area (TPSA) is 102 Å². The highest BCUT2D eigenvalue weighted by Gasteiger charge is 2.36. The number of H-pyrrole nitrogens is 1. The fourth-order valence-electron chi connectivity index (χ4n) is 4.04. The third-order valence-electron chi connectivity index (χ3n) is 5.80. The minimum absolute atomic E-state index is 0.0455. The second-order valence-corrected chi connectivity index (χ2v) is 7.96. The molecule has 0 spiro atoms. The number of piperidine rings is 1. The molecule has 2 aliphatic heterocycles. The molecular formula is C19H32FN5O2. The molecule has 0 amide bonds. The molecule has 3 atom stereocenters. The van der Waals surface area contributed by atoms with Crippen molar-refractivity contribution in [2.24, 2.45) is 11.7 Å². The summed E-state index contributed by atoms with van der Waals surface area (Å²) in [6.07, 6.45) is 3.12. The molecule has 27 heavy (non-hydrogen) atoms. The van der Waals surface area contributed by atoms with E-state index in [1.54, 1.807) is 12.1 Å². The van der Waals surface area contributed by atoms with Crippen molar-refractivity contribution in [2.45, 2.75) is 50.4 Å². The number of ether oxygens (including phenoxy) is 1. The van der Waals surface area contributed by atoms with Gasteiger partial charge in [-0.25, -0.2) is 0 Å². The fraction of sp³-hybridized carbons (Fsp3) is 0.737. The van der Waals surface area contributed by atoms with E-state index in [4.69, 9.17) is 15.9 Å². The maximum atomic E-state index is 14.3. The molecule has 5 N–H and O–H groups in total. The Kier molecular flexibility index (Phi) is 6.86. The van der Waals surface area contributed by atoms with Crippen LogP contribution in [-0.2, 0) is 4.74 Å². The summed E-state index contributed by atoms with van der Waals surface area (Å²) in [6, 6.07) is 3.51. The lowest BCUT2D eigenvalue weighted by Crippen LogP contribution is -2.34. The van der Waals surface area contributed by atoms with Crippen molar-refractivity contribution in [3.05, 3.63) is 23.5 Å². The molecule has 152 valence electrons. The van der Waals surface area contributed by atoms with E-state index in [1.165, 1.54) is 12.8 Å². The monoisotopic (exact) mass is 381 g/mol. The molecule has 0 aromatic carbocycles. The molecule has 3 heterocycles. The highest BCUT2D eigenvalue weighted by Crippen LogP contribution is 2.33. The SMILES string of the molecule is CN1CCC(CCCN(F)C[C@H]2O[C@@H](c3ccc(C(=N)N)[nH]3)C[C@@H]2O)CC1. The second kappa shape index (κ2) is 9.14. The molecule has 1 aromatic rings. The van der Waals surface area contributed by atoms with Crippen LogP contribution in [0.15, 0.2) is 12.1 Å². The molecule has 0 bridgehead atoms. The van der Waals surface area contributed by atoms with E-state index in [2.05, 4.69) is 16.9 Å². The molecule has 0 unspecified atom stereocenters. The first-order valence-electron chi connectivity index (χ1n) is 9.88. The summed E-state index contributed by atoms with van der Waals surface area (Å²) in [4.78, 5) is 5.37. The lowest BCUT2D eigenvalue weighted by molar-refractivity contribution is -0.0665. The summed E-state index contributed by atoms with van der Waals surface area (Å²) >= 11 is 0. The number of aromatic amines is 1. The molecule has 2 aliphatic rings. The van der Waals surface area contributed by atoms with Crippen molar-refractivity contribution >= 4 is 5.84 Å². The van der Waals surface area contributed by atoms with Gasteiger partial charge in [-0.2, -0.15) is 0 Å². The van der Waals surface area contributed by atoms with Gasteiger partial charge in [0.2, 0.25) is 0 Å². The maximum absolute atomic E-state index is 14.3. The van der Waals surface area contributed by atoms with Crippen molar-refractivity contribution in [1.82, 2.24) is 15.0 Å². The molecule has 1 aromatic heterocycles. The van der Waals surface area contributed by atoms with Crippen LogP contribution in [-0.4, -0.2) is 71.4 Å². The van der Waals surface area contributed by atoms with Crippen molar-refractivity contribution in [3.8, 4) is 0 Å². The summed E-state index contributed by atoms with van der Waals surface area (Å²) in [6.45, 7) is 2.72. The predicted molar refractivity (Wildman–Crippen MR) is 102 cm³/mol. The molecule has 0 radical (unpaired) electrons. The molecular weight excluding hydrogens is 349 g/mol. The Hall–Kier alpha value is -1.48. The summed E-state index contributed by atoms with van der Waals surface area (Å²) in [5, 5.41) is 18.5. The van der Waals surface area contributed by atoms with E-state index in [0.29, 0.717) is 24.6 Å². The van der Waals surface area contributed by atoms with Crippen LogP contribution >= 0.6 is 0 Å². The molecule has 7 nitrogen and oxygen atoms in total. The van der Waals surface area contributed by atoms with Crippen molar-refractivity contribution in [3.63, 3.8) is 0 Å². The number of halogens is 1. The van der Waals surface area contributed by atoms with Gasteiger partial charge in [-0.3, -0.25) is 5.41 Å². The van der Waals surface area contributed by atoms with Gasteiger partial charge in [0.25, 0.3) is 0 Å². The minimum atomic E-state index is -0.703. The van der Waals surface area contributed by atoms with E-state index >= 15 is 0 Å². The first-order chi connectivity index (χ1) is 12.9. The standard InChI is InChI=1S/C19H32FN5O2/c1-24-9-6-13(7-10-24)3-2-8-25(20)12-18-16(26)11-17(27-18)14-4-5-15(23-14)19(21)22/h4-5,13,16-18,23,26H,2-3,6-12H2,1H3,(H3,21,22)/t16-,17+,18+/m0/s1. The number of nitrogens with one attached hydrogen (secondary N) is 2. The van der Waals surface area contributed by atoms with E-state index in [-0.39, 0.29) is 18.5 Å². The van der Waals surface area contributed by atoms with E-state index in [0.717, 1.165) is 36.7 Å². The van der Waals surface area contributed by atoms with Crippen LogP contribution in [0, 0.1) is 11.3 Å². The summed E-state index contributed by atoms with van der Waals surface area (Å²) in [5.41, 5.74) is 6.74. The largest absolute Gasteiger partial charge is 0.390 e. The molecule has 0 aliphatic carbocycles. The Balaban J connectivity index is 1.40. The number of likely N-dealkylation sites (tertiary alicyclic amines) is 1. The van der Waals surface area contributed by atoms with Gasteiger partial charge in [-0.15, -0.1) is 9.60 Å². The average molecular weight is 381 g/mol. The second-order valence-electron chi connectivity index (χ2n) is 7.96. The predicted octanol–water partition coefficient (Wildman–Crippen LogP) is 1.80. The first-order valence-corrected chi connectivity index (χ1v) is 9.88. The average Bonchev–Trinajstić information content (AvgIpc) is 3.24. The van der Waals surface area contributed by atoms with Crippen LogP contribution in [0.5, 0.6) is 0 Å². The number of hydrogen-bond donors (Lipinski definition) is 4. The normalized spacial score (nSPS) is 27.5. The van der Waals surface area contributed by atoms with Gasteiger partial charge in [0.05, 0.1) is 24.4 Å². The third-order valence-corrected chi connectivity index (χ3v) is 5.80. The van der Waals surface area contributed by atoms with Crippen molar-refractivity contribution < 1.29 is 14.3 Å². The zero-order valence-corrected chi connectivity index (χ0v) is 16.0. The highest BCUT2D eigenvalue weighted by molar-refractivity contribution is 5.93. The fourth-order valence-corrected chi connectivity index (χ4v) is 4.04. The van der Waals surface area contributed by atoms with Crippen molar-refractivity contribution in [1.29, 1.82) is 5.41 Å². The number of aliphatic hydroxyl groups excluding tert-OH is 1. The van der Waals surface area contributed by atoms with Crippen molar-refractivity contribution in [2.75, 3.05) is 33.2 Å². The Morgan fingerprint density at radius 1 is 1.44 bits per heavy atom. The number of nitrogen functional groups attached to an aromatic ring is 1. The quantitative estimate of drug-likeness (QED) is 0.312. The minimum Gasteiger partial charge on any atom is -0.390 e. The molecule has 3 rings (SSSR count). The van der Waals surface area contributed by atoms with Gasteiger partial charge < -0.3 is 25.5 Å². The lowest BCUT2D eigenvalue weighted by Gasteiger charge is -2.29. The lowest BCUT2D eigenvalue weighted by atomic mass is 9.92. The van der Waals surface area contributed by atoms with Gasteiger partial charge >= 0.3 is 0 Å². The Morgan fingerprint density at radius 3 is 2.85 bits per heavy atom. The highest BCUT2D eigenvalue weighted by atomic mass is 19.2. The summed E-state index contributed by atoms with van der Waals surface area (Å²) in [7, 11) is 2.15. The molecule has 2 saturated heterocycles. The van der Waals surface area contributed by atoms with Crippen LogP contribution < -0.4 is 5.73 Å². The first kappa shape index (κ1) is 20.3. The zero-order valence-electron chi connectivity index (χ0n) is 16.0. The molecule has 2 fully saturated rings. The van der Waals surface area contributed by atoms with Crippen LogP contribution in [0.2, 0.25) is 0 Å². The number of nitrogens with zero attached hydrogens (tertiary/aromatic N) is 2. The number of rotatable bonds is 8. The number of nitrogens with two attached hydrogens (primary N) is 1. The zero-order chi connectivity index (χ0) is 19.4. The number of amidine groups is 1. The van der Waals surface area contributed by atoms with Gasteiger partial charge in [0, 0.05) is 18.7 Å². The molecule has 8 heteroatoms. The Labute approximate surface area is 160 Å².